The molecule has 2 rings (SSSR count). The van der Waals surface area contributed by atoms with E-state index < -0.39 is 0 Å². The van der Waals surface area contributed by atoms with Crippen LogP contribution in [0.1, 0.15) is 25.3 Å². The third kappa shape index (κ3) is 3.44. The molecular formula is C14H21N3O2. The van der Waals surface area contributed by atoms with E-state index in [1.807, 2.05) is 6.92 Å². The van der Waals surface area contributed by atoms with Crippen LogP contribution in [0.3, 0.4) is 0 Å². The second-order valence-corrected chi connectivity index (χ2v) is 5.67. The van der Waals surface area contributed by atoms with E-state index in [0.29, 0.717) is 5.41 Å². The van der Waals surface area contributed by atoms with Gasteiger partial charge in [0.15, 0.2) is 0 Å². The summed E-state index contributed by atoms with van der Waals surface area (Å²) in [4.78, 5) is 10.3. The Morgan fingerprint density at radius 2 is 2.11 bits per heavy atom. The van der Waals surface area contributed by atoms with Crippen molar-refractivity contribution in [3.8, 4) is 0 Å². The molecule has 0 amide bonds. The smallest absolute Gasteiger partial charge is 0.269 e. The summed E-state index contributed by atoms with van der Waals surface area (Å²) >= 11 is 0. The summed E-state index contributed by atoms with van der Waals surface area (Å²) in [5, 5.41) is 17.5. The molecule has 2 N–H and O–H groups in total. The largest absolute Gasteiger partial charge is 0.384 e. The van der Waals surface area contributed by atoms with E-state index in [1.54, 1.807) is 18.2 Å². The van der Waals surface area contributed by atoms with E-state index in [1.165, 1.54) is 0 Å². The number of anilines is 1. The lowest BCUT2D eigenvalue weighted by Crippen LogP contribution is -2.39. The zero-order valence-electron chi connectivity index (χ0n) is 11.5. The van der Waals surface area contributed by atoms with Gasteiger partial charge in [-0.25, -0.2) is 0 Å². The van der Waals surface area contributed by atoms with Crippen molar-refractivity contribution in [1.82, 2.24) is 5.32 Å². The minimum atomic E-state index is -0.356. The molecule has 0 atom stereocenters. The molecular weight excluding hydrogens is 242 g/mol. The van der Waals surface area contributed by atoms with Crippen LogP contribution in [0.4, 0.5) is 11.4 Å². The Hall–Kier alpha value is -1.62. The van der Waals surface area contributed by atoms with E-state index in [4.69, 9.17) is 0 Å². The predicted molar refractivity (Wildman–Crippen MR) is 76.5 cm³/mol. The quantitative estimate of drug-likeness (QED) is 0.647. The van der Waals surface area contributed by atoms with E-state index >= 15 is 0 Å². The highest BCUT2D eigenvalue weighted by Gasteiger charge is 2.26. The minimum Gasteiger partial charge on any atom is -0.384 e. The van der Waals surface area contributed by atoms with Crippen molar-refractivity contribution in [3.63, 3.8) is 0 Å². The lowest BCUT2D eigenvalue weighted by Gasteiger charge is -2.34. The fourth-order valence-electron chi connectivity index (χ4n) is 2.48. The number of benzene rings is 1. The van der Waals surface area contributed by atoms with Crippen LogP contribution in [0.25, 0.3) is 0 Å². The highest BCUT2D eigenvalue weighted by Crippen LogP contribution is 2.29. The Morgan fingerprint density at radius 3 is 2.68 bits per heavy atom. The van der Waals surface area contributed by atoms with Crippen molar-refractivity contribution >= 4 is 11.4 Å². The molecule has 1 aliphatic heterocycles. The maximum Gasteiger partial charge on any atom is 0.269 e. The van der Waals surface area contributed by atoms with E-state index in [-0.39, 0.29) is 10.6 Å². The number of non-ortho nitro benzene ring substituents is 1. The van der Waals surface area contributed by atoms with E-state index in [9.17, 15) is 10.1 Å². The van der Waals surface area contributed by atoms with Crippen LogP contribution in [-0.2, 0) is 0 Å². The fourth-order valence-corrected chi connectivity index (χ4v) is 2.48. The van der Waals surface area contributed by atoms with Crippen LogP contribution in [0.15, 0.2) is 18.2 Å². The zero-order valence-corrected chi connectivity index (χ0v) is 11.5. The third-order valence-corrected chi connectivity index (χ3v) is 3.94. The first-order valence-corrected chi connectivity index (χ1v) is 6.70. The van der Waals surface area contributed by atoms with Crippen LogP contribution < -0.4 is 10.6 Å². The number of nitrogens with zero attached hydrogens (tertiary/aromatic N) is 1. The first kappa shape index (κ1) is 13.8. The topological polar surface area (TPSA) is 67.2 Å². The molecule has 1 fully saturated rings. The van der Waals surface area contributed by atoms with Gasteiger partial charge in [0.25, 0.3) is 5.69 Å². The summed E-state index contributed by atoms with van der Waals surface area (Å²) in [7, 11) is 0. The molecule has 0 aliphatic carbocycles. The van der Waals surface area contributed by atoms with Gasteiger partial charge in [0, 0.05) is 24.4 Å². The molecule has 19 heavy (non-hydrogen) atoms. The molecule has 0 bridgehead atoms. The second kappa shape index (κ2) is 5.57. The molecule has 1 aromatic carbocycles. The Balaban J connectivity index is 2.01. The van der Waals surface area contributed by atoms with Gasteiger partial charge in [-0.1, -0.05) is 6.92 Å². The summed E-state index contributed by atoms with van der Waals surface area (Å²) in [6.07, 6.45) is 2.32. The van der Waals surface area contributed by atoms with Gasteiger partial charge < -0.3 is 10.6 Å². The Morgan fingerprint density at radius 1 is 1.42 bits per heavy atom. The molecule has 1 saturated heterocycles. The average molecular weight is 263 g/mol. The highest BCUT2D eigenvalue weighted by atomic mass is 16.6. The monoisotopic (exact) mass is 263 g/mol. The van der Waals surface area contributed by atoms with Gasteiger partial charge in [-0.05, 0) is 49.9 Å². The van der Waals surface area contributed by atoms with Gasteiger partial charge in [-0.2, -0.15) is 0 Å². The molecule has 0 unspecified atom stereocenters. The Kier molecular flexibility index (Phi) is 4.04. The van der Waals surface area contributed by atoms with Gasteiger partial charge >= 0.3 is 0 Å². The standard InChI is InChI=1S/C14H21N3O2/c1-11-9-12(17(18)19)3-4-13(11)16-10-14(2)5-7-15-8-6-14/h3-4,9,15-16H,5-8,10H2,1-2H3. The number of nitro benzene ring substituents is 1. The van der Waals surface area contributed by atoms with Crippen molar-refractivity contribution in [3.05, 3.63) is 33.9 Å². The molecule has 0 spiro atoms. The van der Waals surface area contributed by atoms with E-state index in [2.05, 4.69) is 17.6 Å². The van der Waals surface area contributed by atoms with Crippen molar-refractivity contribution in [1.29, 1.82) is 0 Å². The van der Waals surface area contributed by atoms with Crippen molar-refractivity contribution in [2.24, 2.45) is 5.41 Å². The predicted octanol–water partition coefficient (Wildman–Crippen LogP) is 2.70. The van der Waals surface area contributed by atoms with Gasteiger partial charge in [0.2, 0.25) is 0 Å². The second-order valence-electron chi connectivity index (χ2n) is 5.67. The molecule has 5 nitrogen and oxygen atoms in total. The molecule has 1 aliphatic rings. The lowest BCUT2D eigenvalue weighted by molar-refractivity contribution is -0.384. The van der Waals surface area contributed by atoms with Crippen LogP contribution >= 0.6 is 0 Å². The fraction of sp³-hybridized carbons (Fsp3) is 0.571. The number of aryl methyl sites for hydroxylation is 1. The van der Waals surface area contributed by atoms with Crippen LogP contribution in [-0.4, -0.2) is 24.6 Å². The normalized spacial score (nSPS) is 18.0. The van der Waals surface area contributed by atoms with Crippen LogP contribution in [0, 0.1) is 22.5 Å². The highest BCUT2D eigenvalue weighted by molar-refractivity contribution is 5.55. The van der Waals surface area contributed by atoms with Gasteiger partial charge in [-0.15, -0.1) is 0 Å². The maximum atomic E-state index is 10.7. The number of piperidine rings is 1. The summed E-state index contributed by atoms with van der Waals surface area (Å²) in [6, 6.07) is 4.98. The van der Waals surface area contributed by atoms with Crippen molar-refractivity contribution in [2.45, 2.75) is 26.7 Å². The Labute approximate surface area is 113 Å². The van der Waals surface area contributed by atoms with Gasteiger partial charge in [-0.3, -0.25) is 10.1 Å². The summed E-state index contributed by atoms with van der Waals surface area (Å²) in [6.45, 7) is 7.24. The summed E-state index contributed by atoms with van der Waals surface area (Å²) in [5.41, 5.74) is 2.37. The molecule has 0 radical (unpaired) electrons. The SMILES string of the molecule is Cc1cc([N+](=O)[O-])ccc1NCC1(C)CCNCC1. The lowest BCUT2D eigenvalue weighted by atomic mass is 9.81. The molecule has 1 heterocycles. The number of hydrogen-bond donors (Lipinski definition) is 2. The third-order valence-electron chi connectivity index (χ3n) is 3.94. The summed E-state index contributed by atoms with van der Waals surface area (Å²) < 4.78 is 0. The Bertz CT molecular complexity index is 468. The van der Waals surface area contributed by atoms with Gasteiger partial charge in [0.05, 0.1) is 4.92 Å². The zero-order chi connectivity index (χ0) is 13.9. The molecule has 1 aromatic rings. The van der Waals surface area contributed by atoms with Gasteiger partial charge in [0.1, 0.15) is 0 Å². The van der Waals surface area contributed by atoms with Crippen molar-refractivity contribution < 1.29 is 4.92 Å². The molecule has 0 aromatic heterocycles. The maximum absolute atomic E-state index is 10.7. The number of rotatable bonds is 4. The molecule has 5 heteroatoms. The first-order valence-electron chi connectivity index (χ1n) is 6.70. The average Bonchev–Trinajstić information content (AvgIpc) is 2.38. The van der Waals surface area contributed by atoms with Crippen LogP contribution in [0.5, 0.6) is 0 Å². The number of nitrogens with one attached hydrogen (secondary N) is 2. The minimum absolute atomic E-state index is 0.149. The van der Waals surface area contributed by atoms with Crippen molar-refractivity contribution in [2.75, 3.05) is 25.0 Å². The van der Waals surface area contributed by atoms with Crippen LogP contribution in [0.2, 0.25) is 0 Å². The molecule has 104 valence electrons. The summed E-state index contributed by atoms with van der Waals surface area (Å²) in [5.74, 6) is 0. The van der Waals surface area contributed by atoms with E-state index in [0.717, 1.165) is 43.7 Å². The number of hydrogen-bond acceptors (Lipinski definition) is 4. The molecule has 0 saturated carbocycles. The number of nitro groups is 1. The first-order chi connectivity index (χ1) is 9.00.